The molecule has 2 fully saturated rings. The minimum absolute atomic E-state index is 0.0673. The summed E-state index contributed by atoms with van der Waals surface area (Å²) in [4.78, 5) is 18.1. The zero-order valence-electron chi connectivity index (χ0n) is 13.4. The first-order valence-corrected chi connectivity index (χ1v) is 7.65. The topological polar surface area (TPSA) is 87.5 Å². The molecule has 7 nitrogen and oxygen atoms in total. The number of carbonyl (C=O) groups is 1. The number of hydrogen-bond acceptors (Lipinski definition) is 6. The third-order valence-electron chi connectivity index (χ3n) is 4.75. The molecule has 0 radical (unpaired) electrons. The van der Waals surface area contributed by atoms with Crippen molar-refractivity contribution in [3.05, 3.63) is 30.0 Å². The number of alkyl carbamates (subject to hydrolysis) is 1. The molecule has 1 aromatic carbocycles. The smallest absolute Gasteiger partial charge is 0.408 e. The van der Waals surface area contributed by atoms with Gasteiger partial charge in [0, 0.05) is 18.1 Å². The van der Waals surface area contributed by atoms with E-state index in [9.17, 15) is 10.1 Å². The van der Waals surface area contributed by atoms with E-state index in [1.165, 1.54) is 0 Å². The summed E-state index contributed by atoms with van der Waals surface area (Å²) in [5.41, 5.74) is -0.0690. The molecule has 0 bridgehead atoms. The van der Waals surface area contributed by atoms with E-state index in [1.54, 1.807) is 19.4 Å². The number of benzene rings is 1. The molecule has 122 valence electrons. The van der Waals surface area contributed by atoms with Crippen molar-refractivity contribution >= 4 is 22.7 Å². The zero-order chi connectivity index (χ0) is 16.9. The lowest BCUT2D eigenvalue weighted by Gasteiger charge is -2.23. The zero-order valence-corrected chi connectivity index (χ0v) is 13.4. The molecule has 3 heterocycles. The molecule has 1 amide bonds. The molecule has 2 aliphatic rings. The Bertz CT molecular complexity index is 891. The SMILES string of the molecule is COc1cc2c(N3CC4NC(=O)OC4(C)C3)nccc2cc1C#N. The summed E-state index contributed by atoms with van der Waals surface area (Å²) in [6.07, 6.45) is 1.36. The van der Waals surface area contributed by atoms with Gasteiger partial charge in [0.05, 0.1) is 25.3 Å². The summed E-state index contributed by atoms with van der Waals surface area (Å²) in [7, 11) is 1.54. The second-order valence-corrected chi connectivity index (χ2v) is 6.30. The summed E-state index contributed by atoms with van der Waals surface area (Å²) in [5.74, 6) is 1.32. The number of hydrogen-bond donors (Lipinski definition) is 1. The molecule has 4 rings (SSSR count). The highest BCUT2D eigenvalue weighted by Gasteiger charge is 2.52. The molecule has 1 aromatic heterocycles. The number of fused-ring (bicyclic) bond motifs is 2. The van der Waals surface area contributed by atoms with Gasteiger partial charge >= 0.3 is 6.09 Å². The van der Waals surface area contributed by atoms with E-state index >= 15 is 0 Å². The normalized spacial score (nSPS) is 25.1. The van der Waals surface area contributed by atoms with E-state index in [2.05, 4.69) is 21.3 Å². The number of amides is 1. The van der Waals surface area contributed by atoms with E-state index in [0.717, 1.165) is 16.6 Å². The molecule has 2 unspecified atom stereocenters. The highest BCUT2D eigenvalue weighted by atomic mass is 16.6. The van der Waals surface area contributed by atoms with Gasteiger partial charge in [-0.25, -0.2) is 9.78 Å². The number of nitrogens with one attached hydrogen (secondary N) is 1. The van der Waals surface area contributed by atoms with Gasteiger partial charge in [-0.1, -0.05) is 0 Å². The molecular formula is C17H16N4O3. The lowest BCUT2D eigenvalue weighted by molar-refractivity contribution is 0.0762. The van der Waals surface area contributed by atoms with Gasteiger partial charge in [0.15, 0.2) is 5.60 Å². The van der Waals surface area contributed by atoms with Crippen LogP contribution in [0.3, 0.4) is 0 Å². The number of aromatic nitrogens is 1. The van der Waals surface area contributed by atoms with Crippen molar-refractivity contribution in [3.8, 4) is 11.8 Å². The Morgan fingerprint density at radius 2 is 2.38 bits per heavy atom. The number of methoxy groups -OCH3 is 1. The number of ether oxygens (including phenoxy) is 2. The molecule has 1 N–H and O–H groups in total. The first kappa shape index (κ1) is 14.6. The highest BCUT2D eigenvalue weighted by molar-refractivity contribution is 5.94. The lowest BCUT2D eigenvalue weighted by Crippen LogP contribution is -2.39. The Kier molecular flexibility index (Phi) is 3.03. The van der Waals surface area contributed by atoms with Crippen molar-refractivity contribution in [2.45, 2.75) is 18.6 Å². The molecule has 2 saturated heterocycles. The first-order valence-electron chi connectivity index (χ1n) is 7.65. The summed E-state index contributed by atoms with van der Waals surface area (Å²) in [6.45, 7) is 3.11. The quantitative estimate of drug-likeness (QED) is 0.906. The van der Waals surface area contributed by atoms with Gasteiger partial charge in [-0.2, -0.15) is 5.26 Å². The largest absolute Gasteiger partial charge is 0.495 e. The van der Waals surface area contributed by atoms with Crippen molar-refractivity contribution in [2.24, 2.45) is 0 Å². The maximum Gasteiger partial charge on any atom is 0.408 e. The highest BCUT2D eigenvalue weighted by Crippen LogP contribution is 2.37. The second-order valence-electron chi connectivity index (χ2n) is 6.30. The summed E-state index contributed by atoms with van der Waals surface area (Å²) < 4.78 is 10.8. The number of pyridine rings is 1. The van der Waals surface area contributed by atoms with Crippen molar-refractivity contribution in [1.82, 2.24) is 10.3 Å². The minimum atomic E-state index is -0.558. The van der Waals surface area contributed by atoms with Gasteiger partial charge in [0.2, 0.25) is 0 Å². The predicted molar refractivity (Wildman–Crippen MR) is 87.0 cm³/mol. The molecule has 24 heavy (non-hydrogen) atoms. The monoisotopic (exact) mass is 324 g/mol. The van der Waals surface area contributed by atoms with Crippen molar-refractivity contribution in [1.29, 1.82) is 5.26 Å². The molecule has 0 spiro atoms. The fraction of sp³-hybridized carbons (Fsp3) is 0.353. The Balaban J connectivity index is 1.78. The maximum absolute atomic E-state index is 11.5. The summed E-state index contributed by atoms with van der Waals surface area (Å²) in [5, 5.41) is 13.9. The van der Waals surface area contributed by atoms with E-state index in [0.29, 0.717) is 24.4 Å². The van der Waals surface area contributed by atoms with Gasteiger partial charge < -0.3 is 19.7 Å². The average Bonchev–Trinajstić information content (AvgIpc) is 3.02. The molecule has 7 heteroatoms. The predicted octanol–water partition coefficient (Wildman–Crippen LogP) is 1.80. The number of nitriles is 1. The Labute approximate surface area is 138 Å². The van der Waals surface area contributed by atoms with E-state index in [-0.39, 0.29) is 12.1 Å². The lowest BCUT2D eigenvalue weighted by atomic mass is 10.0. The van der Waals surface area contributed by atoms with Crippen LogP contribution in [0.15, 0.2) is 24.4 Å². The fourth-order valence-corrected chi connectivity index (χ4v) is 3.51. The van der Waals surface area contributed by atoms with Crippen LogP contribution in [0.2, 0.25) is 0 Å². The van der Waals surface area contributed by atoms with Gasteiger partial charge in [-0.3, -0.25) is 0 Å². The van der Waals surface area contributed by atoms with Gasteiger partial charge in [-0.05, 0) is 30.5 Å². The molecule has 2 aliphatic heterocycles. The molecule has 2 aromatic rings. The van der Waals surface area contributed by atoms with E-state index in [1.807, 2.05) is 19.1 Å². The van der Waals surface area contributed by atoms with E-state index in [4.69, 9.17) is 9.47 Å². The number of anilines is 1. The van der Waals surface area contributed by atoms with E-state index < -0.39 is 5.60 Å². The number of nitrogens with zero attached hydrogens (tertiary/aromatic N) is 3. The van der Waals surface area contributed by atoms with Crippen LogP contribution in [0.1, 0.15) is 12.5 Å². The minimum Gasteiger partial charge on any atom is -0.495 e. The van der Waals surface area contributed by atoms with Crippen LogP contribution >= 0.6 is 0 Å². The molecule has 2 atom stereocenters. The summed E-state index contributed by atoms with van der Waals surface area (Å²) >= 11 is 0. The second kappa shape index (κ2) is 4.99. The van der Waals surface area contributed by atoms with Gasteiger partial charge in [-0.15, -0.1) is 0 Å². The van der Waals surface area contributed by atoms with Gasteiger partial charge in [0.25, 0.3) is 0 Å². The number of rotatable bonds is 2. The maximum atomic E-state index is 11.5. The molecular weight excluding hydrogens is 308 g/mol. The summed E-state index contributed by atoms with van der Waals surface area (Å²) in [6, 6.07) is 7.59. The third kappa shape index (κ3) is 2.03. The van der Waals surface area contributed by atoms with Crippen LogP contribution < -0.4 is 15.0 Å². The van der Waals surface area contributed by atoms with Crippen molar-refractivity contribution in [3.63, 3.8) is 0 Å². The fourth-order valence-electron chi connectivity index (χ4n) is 3.51. The average molecular weight is 324 g/mol. The molecule has 0 saturated carbocycles. The Morgan fingerprint density at radius 1 is 1.54 bits per heavy atom. The van der Waals surface area contributed by atoms with Crippen LogP contribution in [-0.4, -0.2) is 42.9 Å². The van der Waals surface area contributed by atoms with Crippen LogP contribution in [0.5, 0.6) is 5.75 Å². The third-order valence-corrected chi connectivity index (χ3v) is 4.75. The van der Waals surface area contributed by atoms with Crippen LogP contribution in [0.25, 0.3) is 10.8 Å². The molecule has 0 aliphatic carbocycles. The van der Waals surface area contributed by atoms with Crippen LogP contribution in [0, 0.1) is 11.3 Å². The first-order chi connectivity index (χ1) is 11.5. The van der Waals surface area contributed by atoms with Crippen molar-refractivity contribution < 1.29 is 14.3 Å². The number of carbonyl (C=O) groups excluding carboxylic acids is 1. The van der Waals surface area contributed by atoms with Crippen LogP contribution in [-0.2, 0) is 4.74 Å². The van der Waals surface area contributed by atoms with Gasteiger partial charge in [0.1, 0.15) is 17.6 Å². The Hall–Kier alpha value is -3.01. The Morgan fingerprint density at radius 3 is 3.08 bits per heavy atom. The van der Waals surface area contributed by atoms with Crippen molar-refractivity contribution in [2.75, 3.05) is 25.1 Å². The van der Waals surface area contributed by atoms with Crippen LogP contribution in [0.4, 0.5) is 10.6 Å². The standard InChI is InChI=1S/C17H16N4O3/c1-17-9-21(8-14(17)20-16(22)24-17)15-12-6-13(23-2)11(7-18)5-10(12)3-4-19-15/h3-6,14H,8-9H2,1-2H3,(H,20,22).